The van der Waals surface area contributed by atoms with Crippen LogP contribution in [0.2, 0.25) is 0 Å². The molecule has 0 amide bonds. The van der Waals surface area contributed by atoms with Gasteiger partial charge in [0.15, 0.2) is 0 Å². The van der Waals surface area contributed by atoms with E-state index in [9.17, 15) is 9.90 Å². The van der Waals surface area contributed by atoms with E-state index in [1.807, 2.05) is 19.1 Å². The number of aliphatic imine (C=N–C) groups is 1. The quantitative estimate of drug-likeness (QED) is 0.570. The molecule has 18 heavy (non-hydrogen) atoms. The van der Waals surface area contributed by atoms with E-state index in [1.165, 1.54) is 6.20 Å². The van der Waals surface area contributed by atoms with Crippen molar-refractivity contribution in [2.45, 2.75) is 6.92 Å². The highest BCUT2D eigenvalue weighted by molar-refractivity contribution is 5.97. The van der Waals surface area contributed by atoms with Crippen molar-refractivity contribution in [3.05, 3.63) is 46.7 Å². The number of hydrogen-bond acceptors (Lipinski definition) is 3. The largest absolute Gasteiger partial charge is 0.506 e. The molecule has 0 aromatic carbocycles. The lowest BCUT2D eigenvalue weighted by atomic mass is 10.0. The number of fused-ring (bicyclic) bond motifs is 1. The number of hydrogen-bond donors (Lipinski definition) is 3. The Balaban J connectivity index is 2.82. The molecule has 0 unspecified atom stereocenters. The van der Waals surface area contributed by atoms with Crippen LogP contribution in [0.3, 0.4) is 0 Å². The zero-order valence-electron chi connectivity index (χ0n) is 9.90. The minimum absolute atomic E-state index is 0.0329. The molecular weight excluding hydrogens is 230 g/mol. The molecule has 2 rings (SSSR count). The first-order valence-electron chi connectivity index (χ1n) is 5.39. The summed E-state index contributed by atoms with van der Waals surface area (Å²) in [6.45, 7) is 5.29. The van der Waals surface area contributed by atoms with E-state index in [0.717, 1.165) is 5.57 Å². The third-order valence-electron chi connectivity index (χ3n) is 2.59. The van der Waals surface area contributed by atoms with E-state index in [4.69, 9.17) is 0 Å². The molecule has 5 heteroatoms. The second kappa shape index (κ2) is 4.75. The van der Waals surface area contributed by atoms with E-state index in [2.05, 4.69) is 21.7 Å². The SMILES string of the molecule is C=N/C=C(\C=C/C)c1c[nH]c(=O)c2[nH]cc(O)c12. The Morgan fingerprint density at radius 2 is 2.22 bits per heavy atom. The smallest absolute Gasteiger partial charge is 0.272 e. The zero-order chi connectivity index (χ0) is 13.1. The van der Waals surface area contributed by atoms with Crippen LogP contribution in [0, 0.1) is 0 Å². The van der Waals surface area contributed by atoms with E-state index in [1.54, 1.807) is 12.4 Å². The summed E-state index contributed by atoms with van der Waals surface area (Å²) in [5, 5.41) is 10.3. The number of nitrogens with one attached hydrogen (secondary N) is 2. The number of H-pyrrole nitrogens is 2. The van der Waals surface area contributed by atoms with E-state index >= 15 is 0 Å². The average Bonchev–Trinajstić information content (AvgIpc) is 2.74. The topological polar surface area (TPSA) is 81.2 Å². The Bertz CT molecular complexity index is 705. The molecule has 0 bridgehead atoms. The number of aromatic amines is 2. The van der Waals surface area contributed by atoms with Gasteiger partial charge in [-0.3, -0.25) is 9.79 Å². The van der Waals surface area contributed by atoms with Crippen LogP contribution in [-0.4, -0.2) is 21.8 Å². The Morgan fingerprint density at radius 3 is 2.89 bits per heavy atom. The van der Waals surface area contributed by atoms with Crippen molar-refractivity contribution in [3.8, 4) is 5.75 Å². The summed E-state index contributed by atoms with van der Waals surface area (Å²) in [5.74, 6) is 0.0329. The van der Waals surface area contributed by atoms with Crippen LogP contribution in [0.25, 0.3) is 16.5 Å². The molecule has 0 spiro atoms. The molecule has 0 aliphatic carbocycles. The van der Waals surface area contributed by atoms with Crippen molar-refractivity contribution in [1.82, 2.24) is 9.97 Å². The third kappa shape index (κ3) is 1.86. The van der Waals surface area contributed by atoms with Crippen LogP contribution in [0.4, 0.5) is 0 Å². The maximum absolute atomic E-state index is 11.6. The fourth-order valence-electron chi connectivity index (χ4n) is 1.85. The predicted octanol–water partition coefficient (Wildman–Crippen LogP) is 2.18. The normalized spacial score (nSPS) is 12.4. The highest BCUT2D eigenvalue weighted by Gasteiger charge is 2.12. The molecular formula is C13H13N3O2. The van der Waals surface area contributed by atoms with Crippen LogP contribution in [0.1, 0.15) is 12.5 Å². The van der Waals surface area contributed by atoms with Gasteiger partial charge in [0, 0.05) is 29.7 Å². The molecule has 92 valence electrons. The molecule has 3 N–H and O–H groups in total. The van der Waals surface area contributed by atoms with Gasteiger partial charge >= 0.3 is 0 Å². The summed E-state index contributed by atoms with van der Waals surface area (Å²) in [6.07, 6.45) is 8.18. The van der Waals surface area contributed by atoms with Gasteiger partial charge in [-0.15, -0.1) is 0 Å². The Labute approximate surface area is 103 Å². The van der Waals surface area contributed by atoms with Crippen molar-refractivity contribution >= 4 is 23.2 Å². The van der Waals surface area contributed by atoms with Gasteiger partial charge in [-0.25, -0.2) is 0 Å². The first-order valence-corrected chi connectivity index (χ1v) is 5.39. The van der Waals surface area contributed by atoms with Crippen LogP contribution in [-0.2, 0) is 0 Å². The van der Waals surface area contributed by atoms with E-state index < -0.39 is 0 Å². The standard InChI is InChI=1S/C13H13N3O2/c1-3-4-8(5-14-2)9-6-16-13(18)12-11(9)10(17)7-15-12/h3-7,15,17H,2H2,1H3,(H,16,18)/b4-3-,8-5+. The molecule has 0 saturated heterocycles. The Morgan fingerprint density at radius 1 is 1.44 bits per heavy atom. The molecule has 0 saturated carbocycles. The predicted molar refractivity (Wildman–Crippen MR) is 72.9 cm³/mol. The molecule has 0 aliphatic heterocycles. The molecule has 2 aromatic heterocycles. The third-order valence-corrected chi connectivity index (χ3v) is 2.59. The van der Waals surface area contributed by atoms with E-state index in [-0.39, 0.29) is 11.3 Å². The molecule has 0 radical (unpaired) electrons. The minimum atomic E-state index is -0.277. The number of rotatable bonds is 3. The van der Waals surface area contributed by atoms with Gasteiger partial charge in [0.25, 0.3) is 5.56 Å². The van der Waals surface area contributed by atoms with Gasteiger partial charge in [0.05, 0.1) is 5.39 Å². The number of pyridine rings is 1. The number of allylic oxidation sites excluding steroid dienone is 3. The van der Waals surface area contributed by atoms with Crippen LogP contribution in [0.5, 0.6) is 5.75 Å². The molecule has 0 aliphatic rings. The molecule has 0 atom stereocenters. The van der Waals surface area contributed by atoms with Gasteiger partial charge in [0.1, 0.15) is 11.3 Å². The lowest BCUT2D eigenvalue weighted by molar-refractivity contribution is 0.481. The minimum Gasteiger partial charge on any atom is -0.506 e. The van der Waals surface area contributed by atoms with Crippen molar-refractivity contribution in [2.75, 3.05) is 0 Å². The molecule has 0 fully saturated rings. The second-order valence-corrected chi connectivity index (χ2v) is 3.72. The fourth-order valence-corrected chi connectivity index (χ4v) is 1.85. The number of aromatic nitrogens is 2. The highest BCUT2D eigenvalue weighted by Crippen LogP contribution is 2.30. The van der Waals surface area contributed by atoms with Crippen molar-refractivity contribution in [3.63, 3.8) is 0 Å². The summed E-state index contributed by atoms with van der Waals surface area (Å²) < 4.78 is 0. The van der Waals surface area contributed by atoms with Crippen molar-refractivity contribution in [1.29, 1.82) is 0 Å². The molecule has 5 nitrogen and oxygen atoms in total. The van der Waals surface area contributed by atoms with Crippen molar-refractivity contribution < 1.29 is 5.11 Å². The summed E-state index contributed by atoms with van der Waals surface area (Å²) in [6, 6.07) is 0. The van der Waals surface area contributed by atoms with Crippen LogP contribution >= 0.6 is 0 Å². The summed E-state index contributed by atoms with van der Waals surface area (Å²) in [5.41, 5.74) is 1.50. The number of aromatic hydroxyl groups is 1. The average molecular weight is 243 g/mol. The van der Waals surface area contributed by atoms with Crippen molar-refractivity contribution in [2.24, 2.45) is 4.99 Å². The van der Waals surface area contributed by atoms with Gasteiger partial charge in [-0.05, 0) is 13.6 Å². The Hall–Kier alpha value is -2.56. The Kier molecular flexibility index (Phi) is 3.14. The van der Waals surface area contributed by atoms with Crippen LogP contribution in [0.15, 0.2) is 40.5 Å². The fraction of sp³-hybridized carbons (Fsp3) is 0.0769. The first kappa shape index (κ1) is 11.9. The molecule has 2 heterocycles. The monoisotopic (exact) mass is 243 g/mol. The van der Waals surface area contributed by atoms with E-state index in [0.29, 0.717) is 16.5 Å². The lowest BCUT2D eigenvalue weighted by Crippen LogP contribution is -2.06. The zero-order valence-corrected chi connectivity index (χ0v) is 9.90. The van der Waals surface area contributed by atoms with Gasteiger partial charge in [0.2, 0.25) is 0 Å². The summed E-state index contributed by atoms with van der Waals surface area (Å²) in [4.78, 5) is 20.7. The summed E-state index contributed by atoms with van der Waals surface area (Å²) in [7, 11) is 0. The number of nitrogens with zero attached hydrogens (tertiary/aromatic N) is 1. The van der Waals surface area contributed by atoms with Gasteiger partial charge < -0.3 is 15.1 Å². The highest BCUT2D eigenvalue weighted by atomic mass is 16.3. The summed E-state index contributed by atoms with van der Waals surface area (Å²) >= 11 is 0. The molecule has 2 aromatic rings. The van der Waals surface area contributed by atoms with Crippen LogP contribution < -0.4 is 5.56 Å². The van der Waals surface area contributed by atoms with Gasteiger partial charge in [-0.1, -0.05) is 12.2 Å². The maximum atomic E-state index is 11.6. The second-order valence-electron chi connectivity index (χ2n) is 3.72. The first-order chi connectivity index (χ1) is 8.69. The lowest BCUT2D eigenvalue weighted by Gasteiger charge is -2.04. The van der Waals surface area contributed by atoms with Gasteiger partial charge in [-0.2, -0.15) is 0 Å². The maximum Gasteiger partial charge on any atom is 0.272 e.